The molecule has 0 spiro atoms. The van der Waals surface area contributed by atoms with Gasteiger partial charge in [-0.25, -0.2) is 0 Å². The van der Waals surface area contributed by atoms with Crippen molar-refractivity contribution in [1.82, 2.24) is 0 Å². The number of nitrogens with one attached hydrogen (secondary N) is 2. The van der Waals surface area contributed by atoms with E-state index in [4.69, 9.17) is 0 Å². The zero-order valence-corrected chi connectivity index (χ0v) is 14.6. The topological polar surface area (TPSA) is 61.4 Å². The summed E-state index contributed by atoms with van der Waals surface area (Å²) in [6, 6.07) is 13.1. The van der Waals surface area contributed by atoms with E-state index in [2.05, 4.69) is 15.5 Å². The van der Waals surface area contributed by atoms with Gasteiger partial charge in [-0.05, 0) is 56.2 Å². The Balaban J connectivity index is 1.78. The molecule has 3 rings (SSSR count). The minimum Gasteiger partial charge on any atom is -0.371 e. The molecular weight excluding hydrogens is 314 g/mol. The summed E-state index contributed by atoms with van der Waals surface area (Å²) in [5.74, 6) is -0.232. The molecule has 1 heterocycles. The summed E-state index contributed by atoms with van der Waals surface area (Å²) in [5.41, 5.74) is 4.17. The number of benzene rings is 2. The summed E-state index contributed by atoms with van der Waals surface area (Å²) in [6.07, 6.45) is 2.33. The molecule has 0 aliphatic carbocycles. The molecule has 130 valence electrons. The number of amides is 2. The van der Waals surface area contributed by atoms with Crippen molar-refractivity contribution in [3.05, 3.63) is 53.6 Å². The molecule has 0 bridgehead atoms. The molecule has 0 unspecified atom stereocenters. The van der Waals surface area contributed by atoms with E-state index in [1.807, 2.05) is 25.1 Å². The predicted octanol–water partition coefficient (Wildman–Crippen LogP) is 3.81. The molecule has 5 heteroatoms. The molecule has 0 aromatic heterocycles. The number of hydrogen-bond acceptors (Lipinski definition) is 3. The predicted molar refractivity (Wildman–Crippen MR) is 101 cm³/mol. The van der Waals surface area contributed by atoms with Crippen LogP contribution in [0.5, 0.6) is 0 Å². The van der Waals surface area contributed by atoms with Crippen LogP contribution >= 0.6 is 0 Å². The van der Waals surface area contributed by atoms with Gasteiger partial charge in [-0.2, -0.15) is 0 Å². The Kier molecular flexibility index (Phi) is 5.03. The normalized spacial score (nSPS) is 13.6. The fourth-order valence-electron chi connectivity index (χ4n) is 3.10. The highest BCUT2D eigenvalue weighted by Gasteiger charge is 2.19. The lowest BCUT2D eigenvalue weighted by Crippen LogP contribution is -2.23. The Labute approximate surface area is 148 Å². The van der Waals surface area contributed by atoms with Crippen molar-refractivity contribution in [1.29, 1.82) is 0 Å². The molecule has 1 aliphatic heterocycles. The van der Waals surface area contributed by atoms with Crippen molar-refractivity contribution in [2.45, 2.75) is 26.7 Å². The van der Waals surface area contributed by atoms with Gasteiger partial charge in [-0.3, -0.25) is 9.59 Å². The van der Waals surface area contributed by atoms with Crippen LogP contribution in [0, 0.1) is 6.92 Å². The lowest BCUT2D eigenvalue weighted by molar-refractivity contribution is -0.114. The fourth-order valence-corrected chi connectivity index (χ4v) is 3.10. The maximum Gasteiger partial charge on any atom is 0.257 e. The van der Waals surface area contributed by atoms with Gasteiger partial charge in [0, 0.05) is 37.1 Å². The minimum atomic E-state index is -0.119. The quantitative estimate of drug-likeness (QED) is 0.892. The number of aryl methyl sites for hydroxylation is 1. The second kappa shape index (κ2) is 7.38. The van der Waals surface area contributed by atoms with Gasteiger partial charge in [0.25, 0.3) is 5.91 Å². The van der Waals surface area contributed by atoms with Crippen LogP contribution in [0.3, 0.4) is 0 Å². The van der Waals surface area contributed by atoms with Gasteiger partial charge in [-0.15, -0.1) is 0 Å². The van der Waals surface area contributed by atoms with Gasteiger partial charge in [0.15, 0.2) is 0 Å². The largest absolute Gasteiger partial charge is 0.371 e. The van der Waals surface area contributed by atoms with Gasteiger partial charge in [0.2, 0.25) is 5.91 Å². The summed E-state index contributed by atoms with van der Waals surface area (Å²) in [5, 5.41) is 5.66. The van der Waals surface area contributed by atoms with Crippen LogP contribution in [0.25, 0.3) is 0 Å². The number of anilines is 3. The maximum absolute atomic E-state index is 12.8. The highest BCUT2D eigenvalue weighted by atomic mass is 16.2. The Bertz CT molecular complexity index is 778. The lowest BCUT2D eigenvalue weighted by Gasteiger charge is -2.21. The van der Waals surface area contributed by atoms with Crippen LogP contribution in [0.2, 0.25) is 0 Å². The molecule has 1 saturated heterocycles. The second-order valence-corrected chi connectivity index (χ2v) is 6.43. The van der Waals surface area contributed by atoms with Crippen molar-refractivity contribution >= 4 is 28.9 Å². The van der Waals surface area contributed by atoms with Crippen LogP contribution < -0.4 is 15.5 Å². The van der Waals surface area contributed by atoms with Gasteiger partial charge >= 0.3 is 0 Å². The SMILES string of the molecule is CC(=O)Nc1ccc(NC(=O)c2cc(C)ccc2N2CCCC2)cc1. The van der Waals surface area contributed by atoms with Crippen LogP contribution in [-0.4, -0.2) is 24.9 Å². The average Bonchev–Trinajstić information content (AvgIpc) is 3.10. The number of carbonyl (C=O) groups excluding carboxylic acids is 2. The van der Waals surface area contributed by atoms with Crippen LogP contribution in [0.15, 0.2) is 42.5 Å². The van der Waals surface area contributed by atoms with E-state index in [-0.39, 0.29) is 11.8 Å². The van der Waals surface area contributed by atoms with E-state index in [1.165, 1.54) is 19.8 Å². The second-order valence-electron chi connectivity index (χ2n) is 6.43. The highest BCUT2D eigenvalue weighted by molar-refractivity contribution is 6.08. The first-order valence-corrected chi connectivity index (χ1v) is 8.57. The Hall–Kier alpha value is -2.82. The summed E-state index contributed by atoms with van der Waals surface area (Å²) in [7, 11) is 0. The molecule has 25 heavy (non-hydrogen) atoms. The molecular formula is C20H23N3O2. The van der Waals surface area contributed by atoms with Gasteiger partial charge in [0.05, 0.1) is 5.56 Å². The molecule has 2 aromatic carbocycles. The number of hydrogen-bond donors (Lipinski definition) is 2. The van der Waals surface area contributed by atoms with Crippen molar-refractivity contribution in [2.24, 2.45) is 0 Å². The first kappa shape index (κ1) is 17.0. The van der Waals surface area contributed by atoms with Gasteiger partial charge in [0.1, 0.15) is 0 Å². The third-order valence-corrected chi connectivity index (χ3v) is 4.31. The summed E-state index contributed by atoms with van der Waals surface area (Å²) < 4.78 is 0. The Morgan fingerprint density at radius 2 is 1.52 bits per heavy atom. The smallest absolute Gasteiger partial charge is 0.257 e. The monoisotopic (exact) mass is 337 g/mol. The Morgan fingerprint density at radius 1 is 0.920 bits per heavy atom. The first-order valence-electron chi connectivity index (χ1n) is 8.57. The number of rotatable bonds is 4. The molecule has 0 saturated carbocycles. The van der Waals surface area contributed by atoms with Crippen LogP contribution in [-0.2, 0) is 4.79 Å². The third kappa shape index (κ3) is 4.18. The number of carbonyl (C=O) groups is 2. The summed E-state index contributed by atoms with van der Waals surface area (Å²) in [4.78, 5) is 26.1. The lowest BCUT2D eigenvalue weighted by atomic mass is 10.1. The minimum absolute atomic E-state index is 0.113. The van der Waals surface area contributed by atoms with Crippen molar-refractivity contribution in [2.75, 3.05) is 28.6 Å². The first-order chi connectivity index (χ1) is 12.0. The standard InChI is InChI=1S/C20H23N3O2/c1-14-5-10-19(23-11-3-4-12-23)18(13-14)20(25)22-17-8-6-16(7-9-17)21-15(2)24/h5-10,13H,3-4,11-12H2,1-2H3,(H,21,24)(H,22,25). The molecule has 1 fully saturated rings. The molecule has 0 atom stereocenters. The van der Waals surface area contributed by atoms with Crippen LogP contribution in [0.4, 0.5) is 17.1 Å². The van der Waals surface area contributed by atoms with Gasteiger partial charge < -0.3 is 15.5 Å². The van der Waals surface area contributed by atoms with Gasteiger partial charge in [-0.1, -0.05) is 11.6 Å². The maximum atomic E-state index is 12.8. The molecule has 2 aromatic rings. The van der Waals surface area contributed by atoms with E-state index < -0.39 is 0 Å². The molecule has 0 radical (unpaired) electrons. The molecule has 2 amide bonds. The van der Waals surface area contributed by atoms with Crippen molar-refractivity contribution < 1.29 is 9.59 Å². The zero-order chi connectivity index (χ0) is 17.8. The summed E-state index contributed by atoms with van der Waals surface area (Å²) >= 11 is 0. The highest BCUT2D eigenvalue weighted by Crippen LogP contribution is 2.26. The third-order valence-electron chi connectivity index (χ3n) is 4.31. The molecule has 5 nitrogen and oxygen atoms in total. The van der Waals surface area contributed by atoms with Crippen molar-refractivity contribution in [3.8, 4) is 0 Å². The van der Waals surface area contributed by atoms with E-state index in [1.54, 1.807) is 24.3 Å². The zero-order valence-electron chi connectivity index (χ0n) is 14.6. The summed E-state index contributed by atoms with van der Waals surface area (Å²) in [6.45, 7) is 5.45. The number of nitrogens with zero attached hydrogens (tertiary/aromatic N) is 1. The van der Waals surface area contributed by atoms with E-state index in [9.17, 15) is 9.59 Å². The average molecular weight is 337 g/mol. The molecule has 1 aliphatic rings. The molecule has 2 N–H and O–H groups in total. The Morgan fingerprint density at radius 3 is 2.12 bits per heavy atom. The van der Waals surface area contributed by atoms with Crippen molar-refractivity contribution in [3.63, 3.8) is 0 Å². The van der Waals surface area contributed by atoms with Crippen LogP contribution in [0.1, 0.15) is 35.7 Å². The van der Waals surface area contributed by atoms with E-state index in [0.29, 0.717) is 16.9 Å². The van der Waals surface area contributed by atoms with E-state index in [0.717, 1.165) is 24.3 Å². The fraction of sp³-hybridized carbons (Fsp3) is 0.300. The van der Waals surface area contributed by atoms with E-state index >= 15 is 0 Å².